The molecule has 4 aromatic rings. The summed E-state index contributed by atoms with van der Waals surface area (Å²) in [5, 5.41) is 7.93. The van der Waals surface area contributed by atoms with Crippen molar-refractivity contribution in [1.29, 1.82) is 0 Å². The van der Waals surface area contributed by atoms with Crippen molar-refractivity contribution >= 4 is 39.4 Å². The van der Waals surface area contributed by atoms with Crippen LogP contribution in [0, 0.1) is 18.7 Å². The van der Waals surface area contributed by atoms with Crippen LogP contribution in [0.15, 0.2) is 24.5 Å². The van der Waals surface area contributed by atoms with Gasteiger partial charge in [-0.1, -0.05) is 6.92 Å². The van der Waals surface area contributed by atoms with Gasteiger partial charge >= 0.3 is 0 Å². The van der Waals surface area contributed by atoms with E-state index in [1.54, 1.807) is 19.4 Å². The van der Waals surface area contributed by atoms with Gasteiger partial charge in [-0.15, -0.1) is 0 Å². The molecule has 1 aliphatic rings. The first-order chi connectivity index (χ1) is 15.9. The van der Waals surface area contributed by atoms with Crippen LogP contribution in [0.4, 0.5) is 21.8 Å². The lowest BCUT2D eigenvalue weighted by atomic mass is 9.94. The summed E-state index contributed by atoms with van der Waals surface area (Å²) >= 11 is 0. The summed E-state index contributed by atoms with van der Waals surface area (Å²) in [6.07, 6.45) is 4.44. The van der Waals surface area contributed by atoms with Crippen LogP contribution in [-0.4, -0.2) is 51.1 Å². The van der Waals surface area contributed by atoms with Gasteiger partial charge in [0.15, 0.2) is 0 Å². The fourth-order valence-electron chi connectivity index (χ4n) is 4.40. The lowest BCUT2D eigenvalue weighted by Gasteiger charge is -2.36. The van der Waals surface area contributed by atoms with E-state index in [0.29, 0.717) is 29.7 Å². The Bertz CT molecular complexity index is 1300. The Morgan fingerprint density at radius 1 is 1.24 bits per heavy atom. The van der Waals surface area contributed by atoms with E-state index in [0.717, 1.165) is 53.0 Å². The molecule has 2 atom stereocenters. The first-order valence-corrected chi connectivity index (χ1v) is 11.2. The second kappa shape index (κ2) is 8.43. The van der Waals surface area contributed by atoms with Crippen LogP contribution in [0.3, 0.4) is 0 Å². The Hall–Kier alpha value is -3.53. The first kappa shape index (κ1) is 21.3. The number of piperidine rings is 1. The quantitative estimate of drug-likeness (QED) is 0.367. The number of hydrogen-bond acceptors (Lipinski definition) is 8. The maximum absolute atomic E-state index is 14.4. The van der Waals surface area contributed by atoms with E-state index in [2.05, 4.69) is 37.4 Å². The number of aromatic amines is 1. The molecule has 0 unspecified atom stereocenters. The minimum absolute atomic E-state index is 0.161. The van der Waals surface area contributed by atoms with Crippen LogP contribution in [0.2, 0.25) is 0 Å². The molecular weight excluding hydrogens is 421 g/mol. The Balaban J connectivity index is 1.62. The van der Waals surface area contributed by atoms with Crippen molar-refractivity contribution in [3.05, 3.63) is 41.7 Å². The van der Waals surface area contributed by atoms with Crippen molar-refractivity contribution in [2.75, 3.05) is 35.7 Å². The first-order valence-electron chi connectivity index (χ1n) is 11.2. The number of fused-ring (bicyclic) bond motifs is 3. The van der Waals surface area contributed by atoms with Crippen LogP contribution in [0.1, 0.15) is 24.7 Å². The maximum atomic E-state index is 14.4. The highest BCUT2D eigenvalue weighted by Gasteiger charge is 2.27. The van der Waals surface area contributed by atoms with Crippen molar-refractivity contribution in [2.24, 2.45) is 11.7 Å². The number of aromatic nitrogens is 5. The third kappa shape index (κ3) is 4.02. The fourth-order valence-corrected chi connectivity index (χ4v) is 4.40. The average Bonchev–Trinajstić information content (AvgIpc) is 3.17. The molecule has 0 bridgehead atoms. The summed E-state index contributed by atoms with van der Waals surface area (Å²) in [6.45, 7) is 6.05. The molecule has 1 aromatic carbocycles. The smallest absolute Gasteiger partial charge is 0.226 e. The lowest BCUT2D eigenvalue weighted by Crippen LogP contribution is -2.46. The highest BCUT2D eigenvalue weighted by Crippen LogP contribution is 2.37. The van der Waals surface area contributed by atoms with E-state index in [1.165, 1.54) is 12.1 Å². The molecule has 9 nitrogen and oxygen atoms in total. The Kier molecular flexibility index (Phi) is 5.45. The molecule has 5 rings (SSSR count). The second-order valence-electron chi connectivity index (χ2n) is 8.71. The summed E-state index contributed by atoms with van der Waals surface area (Å²) < 4.78 is 14.4. The predicted molar refractivity (Wildman–Crippen MR) is 129 cm³/mol. The molecule has 5 N–H and O–H groups in total. The summed E-state index contributed by atoms with van der Waals surface area (Å²) in [6, 6.07) is 3.18. The van der Waals surface area contributed by atoms with Crippen LogP contribution in [-0.2, 0) is 6.54 Å². The molecule has 0 amide bonds. The zero-order valence-electron chi connectivity index (χ0n) is 19.0. The molecule has 0 spiro atoms. The van der Waals surface area contributed by atoms with Crippen molar-refractivity contribution in [1.82, 2.24) is 24.9 Å². The van der Waals surface area contributed by atoms with E-state index in [4.69, 9.17) is 15.7 Å². The predicted octanol–water partition coefficient (Wildman–Crippen LogP) is 3.18. The number of hydrogen-bond donors (Lipinski definition) is 4. The number of rotatable bonds is 5. The SMILES string of the molecule is CNc1cc(F)cc2c1[nH]c1nc(NCc3cnc(C)nc3)nc(N3CC[C@@H](N)[C@H](C)C3)c12. The van der Waals surface area contributed by atoms with E-state index >= 15 is 0 Å². The van der Waals surface area contributed by atoms with Crippen molar-refractivity contribution in [3.63, 3.8) is 0 Å². The van der Waals surface area contributed by atoms with Gasteiger partial charge in [0, 0.05) is 56.1 Å². The molecule has 4 heterocycles. The molecule has 0 saturated carbocycles. The largest absolute Gasteiger partial charge is 0.386 e. The van der Waals surface area contributed by atoms with Crippen LogP contribution in [0.5, 0.6) is 0 Å². The minimum atomic E-state index is -0.311. The lowest BCUT2D eigenvalue weighted by molar-refractivity contribution is 0.382. The van der Waals surface area contributed by atoms with Gasteiger partial charge in [0.05, 0.1) is 16.6 Å². The van der Waals surface area contributed by atoms with Gasteiger partial charge in [0.1, 0.15) is 23.1 Å². The number of benzene rings is 1. The number of aryl methyl sites for hydroxylation is 1. The molecule has 3 aromatic heterocycles. The van der Waals surface area contributed by atoms with E-state index in [9.17, 15) is 4.39 Å². The van der Waals surface area contributed by atoms with Gasteiger partial charge in [0.2, 0.25) is 5.95 Å². The van der Waals surface area contributed by atoms with Crippen LogP contribution < -0.4 is 21.3 Å². The van der Waals surface area contributed by atoms with Gasteiger partial charge in [-0.2, -0.15) is 9.97 Å². The number of anilines is 3. The fraction of sp³-hybridized carbons (Fsp3) is 0.391. The molecule has 10 heteroatoms. The third-order valence-electron chi connectivity index (χ3n) is 6.33. The average molecular weight is 450 g/mol. The molecule has 0 aliphatic carbocycles. The Labute approximate surface area is 191 Å². The molecule has 172 valence electrons. The summed E-state index contributed by atoms with van der Waals surface area (Å²) in [5.74, 6) is 2.00. The van der Waals surface area contributed by atoms with Gasteiger partial charge in [-0.25, -0.2) is 14.4 Å². The number of nitrogens with two attached hydrogens (primary N) is 1. The third-order valence-corrected chi connectivity index (χ3v) is 6.33. The van der Waals surface area contributed by atoms with Gasteiger partial charge < -0.3 is 26.3 Å². The summed E-state index contributed by atoms with van der Waals surface area (Å²) in [5.41, 5.74) is 9.33. The van der Waals surface area contributed by atoms with E-state index in [1.807, 2.05) is 6.92 Å². The highest BCUT2D eigenvalue weighted by molar-refractivity contribution is 6.14. The monoisotopic (exact) mass is 449 g/mol. The number of H-pyrrole nitrogens is 1. The molecule has 1 saturated heterocycles. The minimum Gasteiger partial charge on any atom is -0.386 e. The standard InChI is InChI=1S/C23H28FN9/c1-12-11-33(5-4-17(12)25)22-19-16-6-15(24)7-18(26-3)20(16)30-21(19)31-23(32-22)29-10-14-8-27-13(2)28-9-14/h6-9,12,17,26H,4-5,10-11,25H2,1-3H3,(H2,29,30,31,32)/t12-,17-/m1/s1. The van der Waals surface area contributed by atoms with E-state index < -0.39 is 0 Å². The molecule has 0 radical (unpaired) electrons. The normalized spacial score (nSPS) is 18.8. The Morgan fingerprint density at radius 3 is 2.76 bits per heavy atom. The zero-order chi connectivity index (χ0) is 23.1. The maximum Gasteiger partial charge on any atom is 0.226 e. The van der Waals surface area contributed by atoms with Crippen LogP contribution >= 0.6 is 0 Å². The number of nitrogens with one attached hydrogen (secondary N) is 3. The van der Waals surface area contributed by atoms with Gasteiger partial charge in [-0.05, 0) is 31.4 Å². The Morgan fingerprint density at radius 2 is 2.03 bits per heavy atom. The zero-order valence-corrected chi connectivity index (χ0v) is 19.0. The summed E-state index contributed by atoms with van der Waals surface area (Å²) in [7, 11) is 1.77. The molecule has 1 fully saturated rings. The molecular formula is C23H28FN9. The van der Waals surface area contributed by atoms with Crippen LogP contribution in [0.25, 0.3) is 21.9 Å². The van der Waals surface area contributed by atoms with Gasteiger partial charge in [-0.3, -0.25) is 0 Å². The van der Waals surface area contributed by atoms with Crippen molar-refractivity contribution in [3.8, 4) is 0 Å². The molecule has 1 aliphatic heterocycles. The second-order valence-corrected chi connectivity index (χ2v) is 8.71. The van der Waals surface area contributed by atoms with E-state index in [-0.39, 0.29) is 11.9 Å². The highest BCUT2D eigenvalue weighted by atomic mass is 19.1. The summed E-state index contributed by atoms with van der Waals surface area (Å²) in [4.78, 5) is 23.7. The van der Waals surface area contributed by atoms with Gasteiger partial charge in [0.25, 0.3) is 0 Å². The molecule has 33 heavy (non-hydrogen) atoms. The number of nitrogens with zero attached hydrogens (tertiary/aromatic N) is 5. The van der Waals surface area contributed by atoms with Crippen molar-refractivity contribution in [2.45, 2.75) is 32.9 Å². The topological polar surface area (TPSA) is 121 Å². The van der Waals surface area contributed by atoms with Crippen molar-refractivity contribution < 1.29 is 4.39 Å². The number of halogens is 1.